The molecule has 0 aliphatic heterocycles. The van der Waals surface area contributed by atoms with Gasteiger partial charge in [0.1, 0.15) is 11.5 Å². The number of hydrogen-bond donors (Lipinski definition) is 3. The van der Waals surface area contributed by atoms with E-state index in [9.17, 15) is 14.7 Å². The van der Waals surface area contributed by atoms with Gasteiger partial charge in [0.05, 0.1) is 5.71 Å². The zero-order valence-electron chi connectivity index (χ0n) is 18.3. The Kier molecular flexibility index (Phi) is 5.81. The molecule has 0 saturated heterocycles. The Bertz CT molecular complexity index is 1220. The first-order chi connectivity index (χ1) is 15.3. The van der Waals surface area contributed by atoms with Gasteiger partial charge in [-0.25, -0.2) is 5.43 Å². The number of phenolic OH excluding ortho intramolecular Hbond substituents is 1. The molecule has 1 aromatic heterocycles. The molecule has 7 heteroatoms. The maximum Gasteiger partial charge on any atom is 0.291 e. The summed E-state index contributed by atoms with van der Waals surface area (Å²) in [4.78, 5) is 25.4. The molecule has 3 aromatic rings. The summed E-state index contributed by atoms with van der Waals surface area (Å²) in [7, 11) is 0. The molecule has 3 N–H and O–H groups in total. The molecule has 2 amide bonds. The number of nitrogens with zero attached hydrogens (tertiary/aromatic N) is 1. The van der Waals surface area contributed by atoms with Crippen LogP contribution in [-0.4, -0.2) is 22.6 Å². The predicted octanol–water partition coefficient (Wildman–Crippen LogP) is 4.63. The van der Waals surface area contributed by atoms with Crippen LogP contribution in [0.5, 0.6) is 5.75 Å². The molecule has 0 saturated carbocycles. The molecule has 4 rings (SSSR count). The fraction of sp³-hybridized carbons (Fsp3) is 0.240. The molecule has 7 nitrogen and oxygen atoms in total. The van der Waals surface area contributed by atoms with Crippen molar-refractivity contribution in [1.29, 1.82) is 0 Å². The van der Waals surface area contributed by atoms with E-state index >= 15 is 0 Å². The number of benzene rings is 2. The molecule has 1 heterocycles. The number of aryl methyl sites for hydroxylation is 2. The maximum atomic E-state index is 13.0. The van der Waals surface area contributed by atoms with Crippen molar-refractivity contribution in [3.63, 3.8) is 0 Å². The van der Waals surface area contributed by atoms with Crippen LogP contribution < -0.4 is 10.7 Å². The summed E-state index contributed by atoms with van der Waals surface area (Å²) in [6, 6.07) is 11.7. The SMILES string of the molecule is Cc1cccc(NC(=O)c2oc3c(c2C)/C(=N/NC(=O)c2ccc(O)cc2)CCC3)c1C. The Morgan fingerprint density at radius 2 is 1.72 bits per heavy atom. The van der Waals surface area contributed by atoms with Gasteiger partial charge < -0.3 is 14.8 Å². The number of amides is 2. The number of furan rings is 1. The van der Waals surface area contributed by atoms with Crippen LogP contribution in [-0.2, 0) is 6.42 Å². The molecule has 0 radical (unpaired) electrons. The lowest BCUT2D eigenvalue weighted by atomic mass is 9.93. The van der Waals surface area contributed by atoms with Crippen LogP contribution in [0.3, 0.4) is 0 Å². The third-order valence-electron chi connectivity index (χ3n) is 5.81. The number of fused-ring (bicyclic) bond motifs is 1. The van der Waals surface area contributed by atoms with Crippen molar-refractivity contribution < 1.29 is 19.1 Å². The molecule has 0 unspecified atom stereocenters. The smallest absolute Gasteiger partial charge is 0.291 e. The molecule has 0 spiro atoms. The molecule has 32 heavy (non-hydrogen) atoms. The standard InChI is InChI=1S/C25H25N3O4/c1-14-6-4-7-19(15(14)2)26-25(31)23-16(3)22-20(8-5-9-21(22)32-23)27-28-24(30)17-10-12-18(29)13-11-17/h4,6-7,10-13,29H,5,8-9H2,1-3H3,(H,26,31)(H,28,30)/b27-20+. The Morgan fingerprint density at radius 3 is 2.47 bits per heavy atom. The molecule has 1 aliphatic rings. The number of carbonyl (C=O) groups is 2. The van der Waals surface area contributed by atoms with E-state index in [-0.39, 0.29) is 23.3 Å². The third-order valence-corrected chi connectivity index (χ3v) is 5.81. The second-order valence-corrected chi connectivity index (χ2v) is 7.96. The van der Waals surface area contributed by atoms with Crippen LogP contribution in [0.2, 0.25) is 0 Å². The van der Waals surface area contributed by atoms with Gasteiger partial charge in [-0.1, -0.05) is 12.1 Å². The number of carbonyl (C=O) groups excluding carboxylic acids is 2. The number of rotatable bonds is 4. The van der Waals surface area contributed by atoms with Gasteiger partial charge in [0.15, 0.2) is 5.76 Å². The van der Waals surface area contributed by atoms with Crippen molar-refractivity contribution >= 4 is 23.2 Å². The van der Waals surface area contributed by atoms with Crippen LogP contribution in [0.4, 0.5) is 5.69 Å². The van der Waals surface area contributed by atoms with Gasteiger partial charge in [0.2, 0.25) is 0 Å². The quantitative estimate of drug-likeness (QED) is 0.524. The van der Waals surface area contributed by atoms with Gasteiger partial charge in [-0.15, -0.1) is 0 Å². The van der Waals surface area contributed by atoms with E-state index in [2.05, 4.69) is 15.8 Å². The molecule has 0 fully saturated rings. The average Bonchev–Trinajstić information content (AvgIpc) is 3.13. The zero-order valence-corrected chi connectivity index (χ0v) is 18.3. The lowest BCUT2D eigenvalue weighted by Crippen LogP contribution is -2.22. The minimum absolute atomic E-state index is 0.0884. The second-order valence-electron chi connectivity index (χ2n) is 7.96. The largest absolute Gasteiger partial charge is 0.508 e. The number of hydrogen-bond acceptors (Lipinski definition) is 5. The normalized spacial score (nSPS) is 14.2. The minimum atomic E-state index is -0.376. The highest BCUT2D eigenvalue weighted by Crippen LogP contribution is 2.30. The van der Waals surface area contributed by atoms with E-state index in [1.165, 1.54) is 24.3 Å². The number of phenols is 1. The van der Waals surface area contributed by atoms with Crippen molar-refractivity contribution in [3.8, 4) is 5.75 Å². The highest BCUT2D eigenvalue weighted by atomic mass is 16.4. The monoisotopic (exact) mass is 431 g/mol. The van der Waals surface area contributed by atoms with Crippen LogP contribution in [0.1, 0.15) is 61.8 Å². The van der Waals surface area contributed by atoms with E-state index in [1.807, 2.05) is 39.0 Å². The number of aromatic hydroxyl groups is 1. The van der Waals surface area contributed by atoms with Crippen LogP contribution >= 0.6 is 0 Å². The van der Waals surface area contributed by atoms with E-state index in [4.69, 9.17) is 4.42 Å². The first-order valence-corrected chi connectivity index (χ1v) is 10.5. The van der Waals surface area contributed by atoms with E-state index in [1.54, 1.807) is 0 Å². The van der Waals surface area contributed by atoms with Gasteiger partial charge in [-0.05, 0) is 75.1 Å². The van der Waals surface area contributed by atoms with Gasteiger partial charge >= 0.3 is 0 Å². The lowest BCUT2D eigenvalue weighted by molar-refractivity contribution is 0.0953. The molecular formula is C25H25N3O4. The molecule has 0 bridgehead atoms. The van der Waals surface area contributed by atoms with Crippen LogP contribution in [0, 0.1) is 20.8 Å². The Balaban J connectivity index is 1.57. The molecule has 1 aliphatic carbocycles. The maximum absolute atomic E-state index is 13.0. The van der Waals surface area contributed by atoms with E-state index < -0.39 is 0 Å². The summed E-state index contributed by atoms with van der Waals surface area (Å²) in [5, 5.41) is 16.7. The fourth-order valence-corrected chi connectivity index (χ4v) is 3.86. The summed E-state index contributed by atoms with van der Waals surface area (Å²) in [5.41, 5.74) is 7.99. The summed E-state index contributed by atoms with van der Waals surface area (Å²) in [6.07, 6.45) is 2.19. The van der Waals surface area contributed by atoms with E-state index in [0.717, 1.165) is 28.8 Å². The lowest BCUT2D eigenvalue weighted by Gasteiger charge is -2.13. The third kappa shape index (κ3) is 4.14. The van der Waals surface area contributed by atoms with Crippen molar-refractivity contribution in [2.75, 3.05) is 5.32 Å². The predicted molar refractivity (Wildman–Crippen MR) is 122 cm³/mol. The highest BCUT2D eigenvalue weighted by Gasteiger charge is 2.28. The first-order valence-electron chi connectivity index (χ1n) is 10.5. The number of nitrogens with one attached hydrogen (secondary N) is 2. The van der Waals surface area contributed by atoms with E-state index in [0.29, 0.717) is 35.4 Å². The van der Waals surface area contributed by atoms with Gasteiger partial charge in [0, 0.05) is 28.8 Å². The average molecular weight is 431 g/mol. The van der Waals surface area contributed by atoms with Crippen LogP contribution in [0.25, 0.3) is 0 Å². The summed E-state index contributed by atoms with van der Waals surface area (Å²) in [6.45, 7) is 5.80. The Hall–Kier alpha value is -3.87. The fourth-order valence-electron chi connectivity index (χ4n) is 3.86. The summed E-state index contributed by atoms with van der Waals surface area (Å²) in [5.74, 6) is 0.370. The molecular weight excluding hydrogens is 406 g/mol. The Labute approximate surface area is 186 Å². The topological polar surface area (TPSA) is 104 Å². The van der Waals surface area contributed by atoms with Gasteiger partial charge in [0.25, 0.3) is 11.8 Å². The second kappa shape index (κ2) is 8.70. The minimum Gasteiger partial charge on any atom is -0.508 e. The molecule has 2 aromatic carbocycles. The molecule has 164 valence electrons. The van der Waals surface area contributed by atoms with Crippen LogP contribution in [0.15, 0.2) is 52.0 Å². The van der Waals surface area contributed by atoms with Gasteiger partial charge in [-0.2, -0.15) is 5.10 Å². The van der Waals surface area contributed by atoms with Crippen molar-refractivity contribution in [2.45, 2.75) is 40.0 Å². The number of anilines is 1. The molecule has 0 atom stereocenters. The highest BCUT2D eigenvalue weighted by molar-refractivity contribution is 6.09. The van der Waals surface area contributed by atoms with Crippen molar-refractivity contribution in [1.82, 2.24) is 5.43 Å². The summed E-state index contributed by atoms with van der Waals surface area (Å²) < 4.78 is 5.94. The Morgan fingerprint density at radius 1 is 0.969 bits per heavy atom. The summed E-state index contributed by atoms with van der Waals surface area (Å²) >= 11 is 0. The zero-order chi connectivity index (χ0) is 22.8. The van der Waals surface area contributed by atoms with Crippen molar-refractivity contribution in [2.24, 2.45) is 5.10 Å². The van der Waals surface area contributed by atoms with Gasteiger partial charge in [-0.3, -0.25) is 9.59 Å². The van der Waals surface area contributed by atoms with Crippen molar-refractivity contribution in [3.05, 3.63) is 81.8 Å². The first kappa shape index (κ1) is 21.4. The number of hydrazone groups is 1.